The van der Waals surface area contributed by atoms with Crippen LogP contribution in [-0.2, 0) is 17.6 Å². The molecule has 1 aromatic carbocycles. The lowest BCUT2D eigenvalue weighted by atomic mass is 10.0. The molecule has 0 atom stereocenters. The first-order chi connectivity index (χ1) is 10.2. The Labute approximate surface area is 128 Å². The fraction of sp³-hybridized carbons (Fsp3) is 0.611. The predicted octanol–water partition coefficient (Wildman–Crippen LogP) is 5.30. The molecule has 0 saturated heterocycles. The molecule has 21 heavy (non-hydrogen) atoms. The molecular weight excluding hydrogens is 264 g/mol. The maximum atomic E-state index is 11.3. The van der Waals surface area contributed by atoms with Gasteiger partial charge in [-0.3, -0.25) is 0 Å². The molecule has 0 aliphatic rings. The maximum absolute atomic E-state index is 11.3. The van der Waals surface area contributed by atoms with E-state index in [4.69, 9.17) is 4.74 Å². The molecule has 0 aromatic heterocycles. The summed E-state index contributed by atoms with van der Waals surface area (Å²) in [5.74, 6) is 0.636. The zero-order valence-electron chi connectivity index (χ0n) is 13.6. The van der Waals surface area contributed by atoms with E-state index in [0.717, 1.165) is 24.8 Å². The molecule has 1 rings (SSSR count). The molecule has 0 unspecified atom stereocenters. The van der Waals surface area contributed by atoms with Gasteiger partial charge in [-0.05, 0) is 42.9 Å². The van der Waals surface area contributed by atoms with Gasteiger partial charge in [-0.25, -0.2) is 4.79 Å². The van der Waals surface area contributed by atoms with Crippen LogP contribution in [0.25, 0.3) is 0 Å². The molecule has 0 saturated carbocycles. The summed E-state index contributed by atoms with van der Waals surface area (Å²) < 4.78 is 9.83. The quantitative estimate of drug-likeness (QED) is 0.352. The van der Waals surface area contributed by atoms with Crippen molar-refractivity contribution >= 4 is 6.16 Å². The number of unbranched alkanes of at least 4 members (excludes halogenated alkanes) is 4. The van der Waals surface area contributed by atoms with Crippen LogP contribution in [0.2, 0.25) is 0 Å². The number of hydrogen-bond donors (Lipinski definition) is 0. The van der Waals surface area contributed by atoms with Gasteiger partial charge in [0.2, 0.25) is 0 Å². The molecule has 0 spiro atoms. The van der Waals surface area contributed by atoms with E-state index in [1.54, 1.807) is 0 Å². The molecule has 1 aromatic rings. The zero-order chi connectivity index (χ0) is 15.5. The summed E-state index contributed by atoms with van der Waals surface area (Å²) in [7, 11) is 1.33. The van der Waals surface area contributed by atoms with E-state index in [9.17, 15) is 4.79 Å². The van der Waals surface area contributed by atoms with Gasteiger partial charge in [0, 0.05) is 0 Å². The average Bonchev–Trinajstić information content (AvgIpc) is 2.50. The highest BCUT2D eigenvalue weighted by Crippen LogP contribution is 2.24. The van der Waals surface area contributed by atoms with E-state index < -0.39 is 6.16 Å². The largest absolute Gasteiger partial charge is 0.513 e. The Bertz CT molecular complexity index is 426. The molecule has 0 radical (unpaired) electrons. The summed E-state index contributed by atoms with van der Waals surface area (Å²) in [6.07, 6.45) is 8.58. The van der Waals surface area contributed by atoms with Crippen molar-refractivity contribution < 1.29 is 14.3 Å². The average molecular weight is 292 g/mol. The van der Waals surface area contributed by atoms with Crippen LogP contribution < -0.4 is 4.74 Å². The van der Waals surface area contributed by atoms with Crippen LogP contribution in [-0.4, -0.2) is 13.3 Å². The zero-order valence-corrected chi connectivity index (χ0v) is 13.6. The van der Waals surface area contributed by atoms with Gasteiger partial charge in [0.15, 0.2) is 0 Å². The molecular formula is C18H28O3. The number of carbonyl (C=O) groups excluding carboxylic acids is 1. The second-order valence-electron chi connectivity index (χ2n) is 5.41. The fourth-order valence-corrected chi connectivity index (χ4v) is 2.36. The van der Waals surface area contributed by atoms with E-state index in [1.807, 2.05) is 6.07 Å². The number of methoxy groups -OCH3 is 1. The van der Waals surface area contributed by atoms with Crippen molar-refractivity contribution in [3.63, 3.8) is 0 Å². The number of benzene rings is 1. The molecule has 0 heterocycles. The minimum absolute atomic E-state index is 0.636. The summed E-state index contributed by atoms with van der Waals surface area (Å²) in [5, 5.41) is 0. The molecule has 0 aliphatic heterocycles. The standard InChI is InChI=1S/C18H28O3/c1-4-6-8-10-15-12-13-17(21-18(19)20-3)16(14-15)11-9-7-5-2/h12-14H,4-11H2,1-3H3. The number of ether oxygens (including phenoxy) is 2. The highest BCUT2D eigenvalue weighted by molar-refractivity contribution is 5.64. The molecule has 0 fully saturated rings. The second-order valence-corrected chi connectivity index (χ2v) is 5.41. The number of aryl methyl sites for hydroxylation is 2. The Balaban J connectivity index is 2.77. The molecule has 0 aliphatic carbocycles. The number of hydrogen-bond acceptors (Lipinski definition) is 3. The van der Waals surface area contributed by atoms with Crippen molar-refractivity contribution in [2.75, 3.05) is 7.11 Å². The normalized spacial score (nSPS) is 10.4. The molecule has 3 heteroatoms. The minimum Gasteiger partial charge on any atom is -0.437 e. The Morgan fingerprint density at radius 3 is 2.29 bits per heavy atom. The van der Waals surface area contributed by atoms with E-state index in [-0.39, 0.29) is 0 Å². The predicted molar refractivity (Wildman–Crippen MR) is 85.9 cm³/mol. The van der Waals surface area contributed by atoms with Crippen LogP contribution >= 0.6 is 0 Å². The van der Waals surface area contributed by atoms with Gasteiger partial charge in [0.1, 0.15) is 5.75 Å². The van der Waals surface area contributed by atoms with Gasteiger partial charge in [0.25, 0.3) is 0 Å². The molecule has 0 N–H and O–H groups in total. The summed E-state index contributed by atoms with van der Waals surface area (Å²) in [5.41, 5.74) is 2.44. The first kappa shape index (κ1) is 17.5. The lowest BCUT2D eigenvalue weighted by Gasteiger charge is -2.11. The van der Waals surface area contributed by atoms with Crippen LogP contribution in [0.5, 0.6) is 5.75 Å². The van der Waals surface area contributed by atoms with Crippen LogP contribution in [0, 0.1) is 0 Å². The second kappa shape index (κ2) is 10.3. The third-order valence-corrected chi connectivity index (χ3v) is 3.60. The Morgan fingerprint density at radius 2 is 1.67 bits per heavy atom. The topological polar surface area (TPSA) is 35.5 Å². The lowest BCUT2D eigenvalue weighted by Crippen LogP contribution is -2.09. The molecule has 0 amide bonds. The Hall–Kier alpha value is -1.51. The van der Waals surface area contributed by atoms with Gasteiger partial charge in [-0.2, -0.15) is 0 Å². The van der Waals surface area contributed by atoms with E-state index in [2.05, 4.69) is 30.7 Å². The maximum Gasteiger partial charge on any atom is 0.513 e. The van der Waals surface area contributed by atoms with Crippen molar-refractivity contribution in [1.82, 2.24) is 0 Å². The van der Waals surface area contributed by atoms with E-state index in [1.165, 1.54) is 44.8 Å². The van der Waals surface area contributed by atoms with Crippen LogP contribution in [0.4, 0.5) is 4.79 Å². The van der Waals surface area contributed by atoms with E-state index >= 15 is 0 Å². The van der Waals surface area contributed by atoms with Gasteiger partial charge in [-0.15, -0.1) is 0 Å². The first-order valence-electron chi connectivity index (χ1n) is 8.08. The number of rotatable bonds is 9. The number of carbonyl (C=O) groups is 1. The smallest absolute Gasteiger partial charge is 0.437 e. The van der Waals surface area contributed by atoms with Gasteiger partial charge in [-0.1, -0.05) is 51.7 Å². The Morgan fingerprint density at radius 1 is 1.00 bits per heavy atom. The minimum atomic E-state index is -0.648. The Kier molecular flexibility index (Phi) is 8.56. The van der Waals surface area contributed by atoms with Crippen LogP contribution in [0.15, 0.2) is 18.2 Å². The first-order valence-corrected chi connectivity index (χ1v) is 8.08. The lowest BCUT2D eigenvalue weighted by molar-refractivity contribution is 0.121. The summed E-state index contributed by atoms with van der Waals surface area (Å²) >= 11 is 0. The van der Waals surface area contributed by atoms with Gasteiger partial charge >= 0.3 is 6.16 Å². The van der Waals surface area contributed by atoms with Gasteiger partial charge in [0.05, 0.1) is 7.11 Å². The summed E-state index contributed by atoms with van der Waals surface area (Å²) in [4.78, 5) is 11.3. The highest BCUT2D eigenvalue weighted by atomic mass is 16.7. The van der Waals surface area contributed by atoms with Crippen molar-refractivity contribution in [3.05, 3.63) is 29.3 Å². The SMILES string of the molecule is CCCCCc1ccc(OC(=O)OC)c(CCCCC)c1. The molecule has 118 valence electrons. The monoisotopic (exact) mass is 292 g/mol. The summed E-state index contributed by atoms with van der Waals surface area (Å²) in [6, 6.07) is 6.14. The molecule has 0 bridgehead atoms. The van der Waals surface area contributed by atoms with Gasteiger partial charge < -0.3 is 9.47 Å². The third kappa shape index (κ3) is 6.65. The third-order valence-electron chi connectivity index (χ3n) is 3.60. The highest BCUT2D eigenvalue weighted by Gasteiger charge is 2.10. The van der Waals surface area contributed by atoms with Crippen molar-refractivity contribution in [2.24, 2.45) is 0 Å². The molecule has 3 nitrogen and oxygen atoms in total. The van der Waals surface area contributed by atoms with Crippen molar-refractivity contribution in [2.45, 2.75) is 65.2 Å². The van der Waals surface area contributed by atoms with Crippen molar-refractivity contribution in [1.29, 1.82) is 0 Å². The van der Waals surface area contributed by atoms with Crippen LogP contribution in [0.1, 0.15) is 63.5 Å². The fourth-order valence-electron chi connectivity index (χ4n) is 2.36. The van der Waals surface area contributed by atoms with E-state index in [0.29, 0.717) is 5.75 Å². The van der Waals surface area contributed by atoms with Crippen LogP contribution in [0.3, 0.4) is 0 Å². The summed E-state index contributed by atoms with van der Waals surface area (Å²) in [6.45, 7) is 4.40. The van der Waals surface area contributed by atoms with Crippen molar-refractivity contribution in [3.8, 4) is 5.75 Å².